The number of hydrogen-bond acceptors (Lipinski definition) is 5. The van der Waals surface area contributed by atoms with E-state index >= 15 is 0 Å². The van der Waals surface area contributed by atoms with E-state index in [1.165, 1.54) is 4.88 Å². The molecule has 1 heterocycles. The maximum Gasteiger partial charge on any atom is 0.122 e. The molecule has 5 heteroatoms. The van der Waals surface area contributed by atoms with Crippen molar-refractivity contribution >= 4 is 11.3 Å². The highest BCUT2D eigenvalue weighted by atomic mass is 32.1. The zero-order valence-electron chi connectivity index (χ0n) is 10.4. The Morgan fingerprint density at radius 2 is 2.19 bits per heavy atom. The largest absolute Gasteiger partial charge is 0.378 e. The summed E-state index contributed by atoms with van der Waals surface area (Å²) in [5.41, 5.74) is 1.02. The lowest BCUT2D eigenvalue weighted by Crippen LogP contribution is -2.12. The van der Waals surface area contributed by atoms with E-state index in [1.807, 2.05) is 6.92 Å². The van der Waals surface area contributed by atoms with Crippen molar-refractivity contribution in [2.24, 2.45) is 0 Å². The second kappa shape index (κ2) is 6.96. The highest BCUT2D eigenvalue weighted by Gasteiger charge is 2.14. The fraction of sp³-hybridized carbons (Fsp3) is 0.727. The third kappa shape index (κ3) is 3.52. The minimum absolute atomic E-state index is 0.0518. The van der Waals surface area contributed by atoms with Crippen LogP contribution in [-0.2, 0) is 22.6 Å². The normalized spacial score (nSPS) is 13.0. The van der Waals surface area contributed by atoms with Crippen molar-refractivity contribution < 1.29 is 9.47 Å². The molecule has 0 saturated heterocycles. The second-order valence-electron chi connectivity index (χ2n) is 3.51. The van der Waals surface area contributed by atoms with E-state index in [2.05, 4.69) is 17.2 Å². The van der Waals surface area contributed by atoms with Crippen LogP contribution < -0.4 is 5.32 Å². The molecule has 1 aromatic rings. The predicted octanol–water partition coefficient (Wildman–Crippen LogP) is 2.11. The zero-order valence-corrected chi connectivity index (χ0v) is 11.2. The van der Waals surface area contributed by atoms with E-state index in [1.54, 1.807) is 25.6 Å². The van der Waals surface area contributed by atoms with Gasteiger partial charge < -0.3 is 14.8 Å². The van der Waals surface area contributed by atoms with Crippen LogP contribution in [-0.4, -0.2) is 25.7 Å². The summed E-state index contributed by atoms with van der Waals surface area (Å²) < 4.78 is 10.4. The molecule has 1 atom stereocenters. The minimum atomic E-state index is 0.0518. The average Bonchev–Trinajstić information content (AvgIpc) is 2.69. The lowest BCUT2D eigenvalue weighted by atomic mass is 10.3. The van der Waals surface area contributed by atoms with Crippen molar-refractivity contribution in [1.82, 2.24) is 10.3 Å². The monoisotopic (exact) mass is 244 g/mol. The van der Waals surface area contributed by atoms with E-state index in [0.717, 1.165) is 23.8 Å². The van der Waals surface area contributed by atoms with Crippen LogP contribution in [0.1, 0.15) is 35.5 Å². The van der Waals surface area contributed by atoms with Gasteiger partial charge in [-0.05, 0) is 13.5 Å². The molecule has 0 bridgehead atoms. The number of ether oxygens (including phenoxy) is 2. The Morgan fingerprint density at radius 3 is 2.75 bits per heavy atom. The first-order valence-corrected chi connectivity index (χ1v) is 6.25. The zero-order chi connectivity index (χ0) is 12.0. The van der Waals surface area contributed by atoms with Gasteiger partial charge in [0, 0.05) is 25.6 Å². The molecule has 0 aliphatic rings. The molecule has 4 nitrogen and oxygen atoms in total. The van der Waals surface area contributed by atoms with Crippen LogP contribution in [0.4, 0.5) is 0 Å². The van der Waals surface area contributed by atoms with E-state index in [4.69, 9.17) is 9.47 Å². The number of aromatic nitrogens is 1. The van der Waals surface area contributed by atoms with Crippen LogP contribution in [0, 0.1) is 0 Å². The van der Waals surface area contributed by atoms with Crippen molar-refractivity contribution in [3.63, 3.8) is 0 Å². The second-order valence-corrected chi connectivity index (χ2v) is 4.63. The van der Waals surface area contributed by atoms with Gasteiger partial charge in [-0.25, -0.2) is 4.98 Å². The van der Waals surface area contributed by atoms with Crippen molar-refractivity contribution in [3.05, 3.63) is 15.6 Å². The van der Waals surface area contributed by atoms with Gasteiger partial charge in [0.25, 0.3) is 0 Å². The Hall–Kier alpha value is -0.490. The Morgan fingerprint density at radius 1 is 1.44 bits per heavy atom. The molecule has 0 spiro atoms. The summed E-state index contributed by atoms with van der Waals surface area (Å²) in [6.45, 7) is 6.47. The Labute approximate surface area is 101 Å². The van der Waals surface area contributed by atoms with Gasteiger partial charge in [0.05, 0.1) is 12.3 Å². The predicted molar refractivity (Wildman–Crippen MR) is 65.6 cm³/mol. The fourth-order valence-corrected chi connectivity index (χ4v) is 2.37. The summed E-state index contributed by atoms with van der Waals surface area (Å²) in [7, 11) is 3.39. The van der Waals surface area contributed by atoms with Gasteiger partial charge in [-0.3, -0.25) is 0 Å². The number of thiazole rings is 1. The smallest absolute Gasteiger partial charge is 0.122 e. The molecule has 92 valence electrons. The van der Waals surface area contributed by atoms with Crippen molar-refractivity contribution in [3.8, 4) is 0 Å². The number of hydrogen-bond donors (Lipinski definition) is 1. The molecule has 0 fully saturated rings. The quantitative estimate of drug-likeness (QED) is 0.797. The van der Waals surface area contributed by atoms with Crippen LogP contribution in [0.2, 0.25) is 0 Å². The van der Waals surface area contributed by atoms with Gasteiger partial charge in [0.1, 0.15) is 11.1 Å². The molecule has 16 heavy (non-hydrogen) atoms. The first-order chi connectivity index (χ1) is 7.72. The average molecular weight is 244 g/mol. The maximum absolute atomic E-state index is 5.27. The number of nitrogens with zero attached hydrogens (tertiary/aromatic N) is 1. The van der Waals surface area contributed by atoms with Crippen molar-refractivity contribution in [1.29, 1.82) is 0 Å². The maximum atomic E-state index is 5.27. The molecule has 0 saturated carbocycles. The molecular weight excluding hydrogens is 224 g/mol. The minimum Gasteiger partial charge on any atom is -0.378 e. The highest BCUT2D eigenvalue weighted by Crippen LogP contribution is 2.26. The number of methoxy groups -OCH3 is 2. The molecule has 0 aliphatic carbocycles. The number of rotatable bonds is 7. The standard InChI is InChI=1S/C11H20N2O2S/c1-5-12-6-10-9(7-14-3)13-11(16-10)8(2)15-4/h8,12H,5-7H2,1-4H3. The van der Waals surface area contributed by atoms with Gasteiger partial charge in [-0.1, -0.05) is 6.92 Å². The summed E-state index contributed by atoms with van der Waals surface area (Å²) in [5.74, 6) is 0. The first kappa shape index (κ1) is 13.6. The summed E-state index contributed by atoms with van der Waals surface area (Å²) in [6, 6.07) is 0. The van der Waals surface area contributed by atoms with Crippen LogP contribution in [0.25, 0.3) is 0 Å². The topological polar surface area (TPSA) is 43.4 Å². The molecule has 1 aromatic heterocycles. The third-order valence-corrected chi connectivity index (χ3v) is 3.57. The lowest BCUT2D eigenvalue weighted by molar-refractivity contribution is 0.118. The van der Waals surface area contributed by atoms with E-state index in [-0.39, 0.29) is 6.10 Å². The summed E-state index contributed by atoms with van der Waals surface area (Å²) >= 11 is 1.69. The summed E-state index contributed by atoms with van der Waals surface area (Å²) in [5, 5.41) is 4.32. The molecule has 0 radical (unpaired) electrons. The molecule has 1 N–H and O–H groups in total. The Balaban J connectivity index is 2.81. The highest BCUT2D eigenvalue weighted by molar-refractivity contribution is 7.11. The van der Waals surface area contributed by atoms with Gasteiger partial charge in [-0.2, -0.15) is 0 Å². The molecule has 1 rings (SSSR count). The molecule has 0 aromatic carbocycles. The van der Waals surface area contributed by atoms with Gasteiger partial charge in [-0.15, -0.1) is 11.3 Å². The van der Waals surface area contributed by atoms with E-state index in [0.29, 0.717) is 6.61 Å². The van der Waals surface area contributed by atoms with Crippen LogP contribution in [0.15, 0.2) is 0 Å². The first-order valence-electron chi connectivity index (χ1n) is 5.43. The van der Waals surface area contributed by atoms with Crippen LogP contribution >= 0.6 is 11.3 Å². The van der Waals surface area contributed by atoms with Crippen LogP contribution in [0.5, 0.6) is 0 Å². The fourth-order valence-electron chi connectivity index (χ4n) is 1.30. The van der Waals surface area contributed by atoms with Crippen LogP contribution in [0.3, 0.4) is 0 Å². The Kier molecular flexibility index (Phi) is 5.90. The lowest BCUT2D eigenvalue weighted by Gasteiger charge is -2.03. The SMILES string of the molecule is CCNCc1sc(C(C)OC)nc1COC. The molecule has 1 unspecified atom stereocenters. The summed E-state index contributed by atoms with van der Waals surface area (Å²) in [6.07, 6.45) is 0.0518. The molecule has 0 amide bonds. The third-order valence-electron chi connectivity index (χ3n) is 2.31. The van der Waals surface area contributed by atoms with Gasteiger partial charge in [0.15, 0.2) is 0 Å². The van der Waals surface area contributed by atoms with E-state index < -0.39 is 0 Å². The van der Waals surface area contributed by atoms with Crippen molar-refractivity contribution in [2.75, 3.05) is 20.8 Å². The summed E-state index contributed by atoms with van der Waals surface area (Å²) in [4.78, 5) is 5.79. The molecule has 0 aliphatic heterocycles. The van der Waals surface area contributed by atoms with E-state index in [9.17, 15) is 0 Å². The number of nitrogens with one attached hydrogen (secondary N) is 1. The van der Waals surface area contributed by atoms with Gasteiger partial charge >= 0.3 is 0 Å². The molecular formula is C11H20N2O2S. The van der Waals surface area contributed by atoms with Gasteiger partial charge in [0.2, 0.25) is 0 Å². The Bertz CT molecular complexity index is 315. The van der Waals surface area contributed by atoms with Crippen molar-refractivity contribution in [2.45, 2.75) is 33.1 Å².